The minimum atomic E-state index is -0.433. The molecule has 0 aliphatic heterocycles. The highest BCUT2D eigenvalue weighted by molar-refractivity contribution is 6.17. The molecule has 0 spiro atoms. The minimum Gasteiger partial charge on any atom is -0.454 e. The second kappa shape index (κ2) is 13.4. The number of rotatable bonds is 5. The summed E-state index contributed by atoms with van der Waals surface area (Å²) in [6.45, 7) is 9.16. The molecule has 9 aromatic rings. The van der Waals surface area contributed by atoms with Crippen molar-refractivity contribution in [3.8, 4) is 39.3 Å². The first-order valence-electron chi connectivity index (χ1n) is 20.8. The van der Waals surface area contributed by atoms with Gasteiger partial charge in [-0.3, -0.25) is 0 Å². The molecule has 56 heavy (non-hydrogen) atoms. The monoisotopic (exact) mass is 730 g/mol. The number of imidazole rings is 1. The van der Waals surface area contributed by atoms with Crippen LogP contribution in [0.1, 0.15) is 76.8 Å². The van der Waals surface area contributed by atoms with Gasteiger partial charge in [0.1, 0.15) is 16.8 Å². The summed E-state index contributed by atoms with van der Waals surface area (Å²) in [5.74, 6) is 0.661. The lowest BCUT2D eigenvalue weighted by Gasteiger charge is -2.23. The van der Waals surface area contributed by atoms with E-state index in [2.05, 4.69) is 183 Å². The highest BCUT2D eigenvalue weighted by atomic mass is 16.3. The van der Waals surface area contributed by atoms with Gasteiger partial charge in [0.05, 0.1) is 7.05 Å². The van der Waals surface area contributed by atoms with Gasteiger partial charge in [-0.1, -0.05) is 149 Å². The maximum Gasteiger partial charge on any atom is 0.298 e. The van der Waals surface area contributed by atoms with Gasteiger partial charge in [0.25, 0.3) is 5.82 Å². The van der Waals surface area contributed by atoms with Crippen molar-refractivity contribution in [3.63, 3.8) is 0 Å². The van der Waals surface area contributed by atoms with Crippen LogP contribution in [0.15, 0.2) is 144 Å². The molecule has 2 heterocycles. The molecule has 1 fully saturated rings. The van der Waals surface area contributed by atoms with Crippen LogP contribution in [-0.4, -0.2) is 4.57 Å². The van der Waals surface area contributed by atoms with Gasteiger partial charge in [0, 0.05) is 23.1 Å². The van der Waals surface area contributed by atoms with Gasteiger partial charge in [-0.2, -0.15) is 4.57 Å². The molecule has 7 aromatic carbocycles. The molecule has 0 saturated heterocycles. The van der Waals surface area contributed by atoms with Crippen molar-refractivity contribution in [2.24, 2.45) is 7.05 Å². The van der Waals surface area contributed by atoms with E-state index in [1.165, 1.54) is 45.2 Å². The molecule has 276 valence electrons. The van der Waals surface area contributed by atoms with E-state index in [1.54, 1.807) is 0 Å². The second-order valence-corrected chi connectivity index (χ2v) is 16.9. The summed E-state index contributed by atoms with van der Waals surface area (Å²) in [5, 5.41) is 4.58. The lowest BCUT2D eigenvalue weighted by molar-refractivity contribution is -0.633. The molecule has 1 saturated carbocycles. The summed E-state index contributed by atoms with van der Waals surface area (Å²) >= 11 is 0. The highest BCUT2D eigenvalue weighted by Gasteiger charge is 2.33. The number of nitrogens with zero attached hydrogens (tertiary/aromatic N) is 2. The Morgan fingerprint density at radius 3 is 2.02 bits per heavy atom. The average Bonchev–Trinajstić information content (AvgIpc) is 3.76. The van der Waals surface area contributed by atoms with E-state index in [0.29, 0.717) is 0 Å². The van der Waals surface area contributed by atoms with Gasteiger partial charge in [0.2, 0.25) is 0 Å². The van der Waals surface area contributed by atoms with Crippen LogP contribution in [-0.2, 0) is 12.5 Å². The number of benzene rings is 7. The van der Waals surface area contributed by atoms with Crippen molar-refractivity contribution < 1.29 is 10.4 Å². The number of hydrogen-bond acceptors (Lipinski definition) is 1. The summed E-state index contributed by atoms with van der Waals surface area (Å²) in [4.78, 5) is 0. The highest BCUT2D eigenvalue weighted by Crippen LogP contribution is 2.43. The summed E-state index contributed by atoms with van der Waals surface area (Å²) in [6, 6.07) is 50.9. The average molecular weight is 731 g/mol. The van der Waals surface area contributed by atoms with Crippen molar-refractivity contribution in [1.82, 2.24) is 4.57 Å². The molecule has 0 bridgehead atoms. The lowest BCUT2D eigenvalue weighted by Crippen LogP contribution is -2.30. The van der Waals surface area contributed by atoms with Crippen molar-refractivity contribution in [2.45, 2.75) is 71.1 Å². The SMILES string of the molecule is [2H]C1(c2ccc(-c3ccc(-c4ccc(-n5c(-c6c(C)ccc7c6oc6c8ccccc8ccc76)[n+](C)c6ccccc65)c(C(C)(C)C)c4)cc3)cc2)CCCCC1. The molecule has 0 amide bonds. The standard InChI is InChI=1S/C53H49N2O/c1-34-19-30-44-43-31-28-40-15-9-10-16-42(40)50(43)56-51(44)49(34)52-54(5)47-17-11-12-18-48(47)55(52)46-32-29-41(33-45(46)53(2,3)4)39-26-24-38(25-27-39)37-22-20-36(21-23-37)35-13-7-6-8-14-35/h9-12,15-33,35H,6-8,13-14H2,1-5H3/q+1/i35D. The molecule has 1 aliphatic rings. The van der Waals surface area contributed by atoms with Crippen LogP contribution in [0, 0.1) is 6.92 Å². The Morgan fingerprint density at radius 1 is 0.643 bits per heavy atom. The molecule has 1 aliphatic carbocycles. The van der Waals surface area contributed by atoms with E-state index in [1.807, 2.05) is 0 Å². The molecule has 3 nitrogen and oxygen atoms in total. The quantitative estimate of drug-likeness (QED) is 0.162. The number of fused-ring (bicyclic) bond motifs is 6. The fourth-order valence-electron chi connectivity index (χ4n) is 9.31. The minimum absolute atomic E-state index is 0.152. The van der Waals surface area contributed by atoms with Crippen LogP contribution < -0.4 is 4.57 Å². The number of aryl methyl sites for hydroxylation is 2. The second-order valence-electron chi connectivity index (χ2n) is 16.9. The predicted octanol–water partition coefficient (Wildman–Crippen LogP) is 14.2. The molecule has 10 rings (SSSR count). The number of hydrogen-bond donors (Lipinski definition) is 0. The third-order valence-corrected chi connectivity index (χ3v) is 12.3. The van der Waals surface area contributed by atoms with Crippen LogP contribution in [0.3, 0.4) is 0 Å². The van der Waals surface area contributed by atoms with Gasteiger partial charge in [-0.25, -0.2) is 4.57 Å². The van der Waals surface area contributed by atoms with Crippen molar-refractivity contribution in [2.75, 3.05) is 0 Å². The first-order valence-corrected chi connectivity index (χ1v) is 20.3. The Labute approximate surface area is 331 Å². The van der Waals surface area contributed by atoms with Crippen molar-refractivity contribution >= 4 is 43.7 Å². The van der Waals surface area contributed by atoms with Crippen LogP contribution in [0.25, 0.3) is 83.1 Å². The molecule has 2 aromatic heterocycles. The van der Waals surface area contributed by atoms with E-state index >= 15 is 0 Å². The Bertz CT molecular complexity index is 2990. The summed E-state index contributed by atoms with van der Waals surface area (Å²) < 4.78 is 20.9. The zero-order chi connectivity index (χ0) is 39.1. The molecule has 0 atom stereocenters. The number of para-hydroxylation sites is 2. The lowest BCUT2D eigenvalue weighted by atomic mass is 9.83. The molecule has 0 radical (unpaired) electrons. The van der Waals surface area contributed by atoms with E-state index in [0.717, 1.165) is 86.7 Å². The molecular weight excluding hydrogens is 681 g/mol. The Morgan fingerprint density at radius 2 is 1.27 bits per heavy atom. The van der Waals surface area contributed by atoms with Gasteiger partial charge < -0.3 is 4.42 Å². The van der Waals surface area contributed by atoms with Gasteiger partial charge in [0.15, 0.2) is 16.6 Å². The van der Waals surface area contributed by atoms with Gasteiger partial charge in [-0.05, 0) is 100 Å². The Kier molecular flexibility index (Phi) is 7.98. The van der Waals surface area contributed by atoms with Gasteiger partial charge >= 0.3 is 0 Å². The Hall–Kier alpha value is -5.93. The number of furan rings is 1. The van der Waals surface area contributed by atoms with Crippen LogP contribution in [0.5, 0.6) is 0 Å². The predicted molar refractivity (Wildman–Crippen MR) is 235 cm³/mol. The van der Waals surface area contributed by atoms with E-state index < -0.39 is 5.89 Å². The maximum atomic E-state index is 9.07. The fourth-order valence-corrected chi connectivity index (χ4v) is 9.31. The third kappa shape index (κ3) is 5.67. The summed E-state index contributed by atoms with van der Waals surface area (Å²) in [7, 11) is 2.19. The third-order valence-electron chi connectivity index (χ3n) is 12.3. The summed E-state index contributed by atoms with van der Waals surface area (Å²) in [5.41, 5.74) is 14.7. The van der Waals surface area contributed by atoms with Crippen molar-refractivity contribution in [1.29, 1.82) is 0 Å². The van der Waals surface area contributed by atoms with Crippen LogP contribution in [0.2, 0.25) is 0 Å². The largest absolute Gasteiger partial charge is 0.454 e. The Balaban J connectivity index is 1.10. The molecule has 0 N–H and O–H groups in total. The molecular formula is C53H49N2O+. The normalized spacial score (nSPS) is 14.9. The van der Waals surface area contributed by atoms with Gasteiger partial charge in [-0.15, -0.1) is 0 Å². The number of aromatic nitrogens is 2. The van der Waals surface area contributed by atoms with E-state index in [9.17, 15) is 0 Å². The smallest absolute Gasteiger partial charge is 0.298 e. The molecule has 3 heteroatoms. The maximum absolute atomic E-state index is 9.07. The zero-order valence-corrected chi connectivity index (χ0v) is 33.1. The summed E-state index contributed by atoms with van der Waals surface area (Å²) in [6.07, 6.45) is 5.49. The topological polar surface area (TPSA) is 21.9 Å². The van der Waals surface area contributed by atoms with Crippen LogP contribution >= 0.6 is 0 Å². The van der Waals surface area contributed by atoms with Crippen molar-refractivity contribution in [3.05, 3.63) is 156 Å². The van der Waals surface area contributed by atoms with Crippen LogP contribution in [0.4, 0.5) is 0 Å². The first kappa shape index (κ1) is 33.4. The van der Waals surface area contributed by atoms with E-state index in [4.69, 9.17) is 5.79 Å². The van der Waals surface area contributed by atoms with E-state index in [-0.39, 0.29) is 5.41 Å². The first-order chi connectivity index (χ1) is 27.6. The fraction of sp³-hybridized carbons (Fsp3) is 0.226. The molecule has 0 unspecified atom stereocenters. The zero-order valence-electron chi connectivity index (χ0n) is 34.1.